The normalized spacial score (nSPS) is 13.6. The van der Waals surface area contributed by atoms with E-state index in [2.05, 4.69) is 36.9 Å². The summed E-state index contributed by atoms with van der Waals surface area (Å²) in [5.41, 5.74) is 4.14. The van der Waals surface area contributed by atoms with Gasteiger partial charge in [-0.15, -0.1) is 0 Å². The number of phenols is 2. The summed E-state index contributed by atoms with van der Waals surface area (Å²) in [4.78, 5) is 110. The molecule has 370 valence electrons. The van der Waals surface area contributed by atoms with E-state index in [-0.39, 0.29) is 37.2 Å². The van der Waals surface area contributed by atoms with Crippen LogP contribution in [-0.2, 0) is 59.2 Å². The minimum atomic E-state index is -1.56. The van der Waals surface area contributed by atoms with E-state index >= 15 is 0 Å². The van der Waals surface area contributed by atoms with Gasteiger partial charge in [-0.1, -0.05) is 86.6 Å². The highest BCUT2D eigenvalue weighted by Crippen LogP contribution is 2.20. The number of carboxylic acid groups (broad SMARTS) is 2. The molecular formula is C49H56N8O13. The number of aromatic nitrogens is 1. The molecule has 0 aliphatic heterocycles. The third kappa shape index (κ3) is 15.6. The second kappa shape index (κ2) is 25.1. The Kier molecular flexibility index (Phi) is 18.8. The fourth-order valence-electron chi connectivity index (χ4n) is 7.53. The Morgan fingerprint density at radius 3 is 1.49 bits per heavy atom. The molecule has 0 aliphatic carbocycles. The van der Waals surface area contributed by atoms with Crippen molar-refractivity contribution in [3.63, 3.8) is 0 Å². The number of hydrogen-bond donors (Lipinski definition) is 13. The quantitative estimate of drug-likeness (QED) is 0.0311. The van der Waals surface area contributed by atoms with Gasteiger partial charge < -0.3 is 57.3 Å². The molecule has 4 aromatic carbocycles. The van der Waals surface area contributed by atoms with Gasteiger partial charge in [-0.05, 0) is 64.9 Å². The Morgan fingerprint density at radius 1 is 0.514 bits per heavy atom. The summed E-state index contributed by atoms with van der Waals surface area (Å²) in [6.07, 6.45) is -0.0308. The van der Waals surface area contributed by atoms with Crippen LogP contribution in [0.15, 0.2) is 109 Å². The van der Waals surface area contributed by atoms with Crippen LogP contribution < -0.4 is 37.4 Å². The number of nitrogens with one attached hydrogen (secondary N) is 8. The molecule has 13 N–H and O–H groups in total. The highest BCUT2D eigenvalue weighted by Gasteiger charge is 2.35. The Balaban J connectivity index is 1.46. The molecular weight excluding hydrogens is 909 g/mol. The topological polar surface area (TPSA) is 338 Å². The van der Waals surface area contributed by atoms with E-state index in [9.17, 15) is 58.8 Å². The zero-order valence-electron chi connectivity index (χ0n) is 38.2. The van der Waals surface area contributed by atoms with Crippen LogP contribution in [0.3, 0.4) is 0 Å². The smallest absolute Gasteiger partial charge is 0.339 e. The lowest BCUT2D eigenvalue weighted by Crippen LogP contribution is -2.61. The molecule has 21 nitrogen and oxygen atoms in total. The molecule has 21 heteroatoms. The number of rotatable bonds is 24. The summed E-state index contributed by atoms with van der Waals surface area (Å²) in [7, 11) is 0. The van der Waals surface area contributed by atoms with Gasteiger partial charge in [-0.25, -0.2) is 15.1 Å². The van der Waals surface area contributed by atoms with E-state index in [4.69, 9.17) is 5.21 Å². The van der Waals surface area contributed by atoms with Gasteiger partial charge in [-0.3, -0.25) is 34.0 Å². The van der Waals surface area contributed by atoms with Gasteiger partial charge in [0.25, 0.3) is 0 Å². The van der Waals surface area contributed by atoms with Crippen LogP contribution in [0.4, 0.5) is 4.79 Å². The molecule has 0 aliphatic rings. The first-order valence-corrected chi connectivity index (χ1v) is 22.2. The summed E-state index contributed by atoms with van der Waals surface area (Å²) in [5, 5.41) is 64.1. The largest absolute Gasteiger partial charge is 0.508 e. The number of carbonyl (C=O) groups excluding carboxylic acids is 6. The van der Waals surface area contributed by atoms with Crippen molar-refractivity contribution < 1.29 is 64.0 Å². The number of carboxylic acids is 2. The lowest BCUT2D eigenvalue weighted by molar-refractivity contribution is -0.142. The van der Waals surface area contributed by atoms with E-state index in [1.165, 1.54) is 54.0 Å². The maximum atomic E-state index is 14.7. The van der Waals surface area contributed by atoms with Crippen molar-refractivity contribution in [1.29, 1.82) is 0 Å². The van der Waals surface area contributed by atoms with E-state index in [0.717, 1.165) is 10.9 Å². The highest BCUT2D eigenvalue weighted by molar-refractivity contribution is 5.97. The summed E-state index contributed by atoms with van der Waals surface area (Å²) in [6.45, 7) is 3.27. The van der Waals surface area contributed by atoms with Crippen molar-refractivity contribution in [1.82, 2.24) is 42.4 Å². The van der Waals surface area contributed by atoms with Crippen LogP contribution in [0.5, 0.6) is 11.5 Å². The first-order chi connectivity index (χ1) is 33.4. The summed E-state index contributed by atoms with van der Waals surface area (Å²) >= 11 is 0. The number of urea groups is 1. The van der Waals surface area contributed by atoms with Crippen LogP contribution in [-0.4, -0.2) is 114 Å². The Hall–Kier alpha value is -8.46. The maximum Gasteiger partial charge on any atom is 0.339 e. The number of phenolic OH excluding ortho intramolecular Hbond substituents is 2. The fourth-order valence-corrected chi connectivity index (χ4v) is 7.53. The van der Waals surface area contributed by atoms with Crippen molar-refractivity contribution in [2.75, 3.05) is 0 Å². The van der Waals surface area contributed by atoms with E-state index < -0.39 is 103 Å². The molecule has 0 spiro atoms. The molecule has 7 amide bonds. The Bertz CT molecular complexity index is 2620. The maximum absolute atomic E-state index is 14.7. The number of hydroxylamine groups is 1. The molecule has 0 saturated carbocycles. The number of H-pyrrole nitrogens is 1. The minimum Gasteiger partial charge on any atom is -0.508 e. The lowest BCUT2D eigenvalue weighted by Gasteiger charge is -2.28. The third-order valence-electron chi connectivity index (χ3n) is 11.3. The van der Waals surface area contributed by atoms with Crippen molar-refractivity contribution in [3.05, 3.63) is 132 Å². The first-order valence-electron chi connectivity index (χ1n) is 22.2. The number of para-hydroxylation sites is 1. The second-order valence-corrected chi connectivity index (χ2v) is 16.9. The second-order valence-electron chi connectivity index (χ2n) is 16.9. The molecule has 5 aromatic rings. The standard InChI is InChI=1S/C49H56N8O13/c1-27(2)42(47(66)54-40(48(67)68)24-30-14-18-33(59)19-15-30)56-46(65)39(25-31-26-50-35-11-7-6-10-34(31)35)53-45(64)37(22-28-8-4-3-5-9-28)52-44(63)38(23-29-12-16-32(58)17-13-29)51-43(62)36(20-21-41(60)61)55-49(69)57-70/h3-19,26-27,36-40,42,50,58-59,70H,20-25H2,1-2H3,(H,51,62)(H,52,63)(H,53,64)(H,54,66)(H,56,65)(H,60,61)(H,67,68)(H2,55,57,69)/t36-,37-,38-,39-,40-,42-/m0/s1. The van der Waals surface area contributed by atoms with E-state index in [1.54, 1.807) is 68.6 Å². The summed E-state index contributed by atoms with van der Waals surface area (Å²) in [5.74, 6) is -7.81. The summed E-state index contributed by atoms with van der Waals surface area (Å²) < 4.78 is 0. The minimum absolute atomic E-state index is 0.0326. The Labute approximate surface area is 401 Å². The van der Waals surface area contributed by atoms with Crippen molar-refractivity contribution in [2.24, 2.45) is 5.92 Å². The van der Waals surface area contributed by atoms with Crippen LogP contribution in [0, 0.1) is 5.92 Å². The average molecular weight is 965 g/mol. The predicted octanol–water partition coefficient (Wildman–Crippen LogP) is 1.94. The fraction of sp³-hybridized carbons (Fsp3) is 0.306. The number of aromatic hydroxyl groups is 2. The van der Waals surface area contributed by atoms with Crippen LogP contribution in [0.2, 0.25) is 0 Å². The molecule has 1 heterocycles. The molecule has 0 radical (unpaired) electrons. The van der Waals surface area contributed by atoms with Gasteiger partial charge in [0, 0.05) is 49.2 Å². The first kappa shape index (κ1) is 52.5. The van der Waals surface area contributed by atoms with Gasteiger partial charge >= 0.3 is 18.0 Å². The van der Waals surface area contributed by atoms with Gasteiger partial charge in [0.2, 0.25) is 29.5 Å². The predicted molar refractivity (Wildman–Crippen MR) is 252 cm³/mol. The molecule has 0 unspecified atom stereocenters. The van der Waals surface area contributed by atoms with Crippen LogP contribution >= 0.6 is 0 Å². The van der Waals surface area contributed by atoms with Crippen molar-refractivity contribution in [3.8, 4) is 11.5 Å². The number of aromatic amines is 1. The van der Waals surface area contributed by atoms with Gasteiger partial charge in [0.15, 0.2) is 0 Å². The SMILES string of the molecule is CC(C)[C@H](NC(=O)[C@H](Cc1c[nH]c2ccccc12)NC(=O)[C@H](Cc1ccccc1)NC(=O)[C@H](Cc1ccc(O)cc1)NC(=O)[C@H](CCC(=O)O)NC(=O)NO)C(=O)N[C@@H](Cc1ccc(O)cc1)C(=O)O. The molecule has 0 fully saturated rings. The molecule has 0 bridgehead atoms. The number of hydrogen-bond acceptors (Lipinski definition) is 11. The molecule has 0 saturated heterocycles. The third-order valence-corrected chi connectivity index (χ3v) is 11.3. The highest BCUT2D eigenvalue weighted by atomic mass is 16.5. The average Bonchev–Trinajstić information content (AvgIpc) is 3.74. The number of carbonyl (C=O) groups is 8. The monoisotopic (exact) mass is 964 g/mol. The zero-order valence-corrected chi connectivity index (χ0v) is 38.2. The van der Waals surface area contributed by atoms with Crippen molar-refractivity contribution in [2.45, 2.75) is 88.6 Å². The number of aliphatic carboxylic acids is 2. The lowest BCUT2D eigenvalue weighted by atomic mass is 9.98. The summed E-state index contributed by atoms with van der Waals surface area (Å²) in [6, 6.07) is 17.3. The molecule has 5 rings (SSSR count). The van der Waals surface area contributed by atoms with Gasteiger partial charge in [-0.2, -0.15) is 0 Å². The zero-order chi connectivity index (χ0) is 50.9. The number of amides is 7. The number of benzene rings is 4. The molecule has 70 heavy (non-hydrogen) atoms. The van der Waals surface area contributed by atoms with Gasteiger partial charge in [0.1, 0.15) is 47.8 Å². The van der Waals surface area contributed by atoms with Gasteiger partial charge in [0.05, 0.1) is 0 Å². The molecule has 6 atom stereocenters. The van der Waals surface area contributed by atoms with Crippen molar-refractivity contribution >= 4 is 58.4 Å². The van der Waals surface area contributed by atoms with E-state index in [1.807, 2.05) is 6.07 Å². The Morgan fingerprint density at radius 2 is 0.971 bits per heavy atom. The molecule has 1 aromatic heterocycles. The van der Waals surface area contributed by atoms with Crippen LogP contribution in [0.25, 0.3) is 10.9 Å². The van der Waals surface area contributed by atoms with Crippen LogP contribution in [0.1, 0.15) is 48.9 Å². The van der Waals surface area contributed by atoms with E-state index in [0.29, 0.717) is 22.3 Å². The number of fused-ring (bicyclic) bond motifs is 1.